The Kier molecular flexibility index (Phi) is 7.82. The van der Waals surface area contributed by atoms with E-state index in [9.17, 15) is 0 Å². The van der Waals surface area contributed by atoms with Gasteiger partial charge in [0.2, 0.25) is 0 Å². The first-order valence-corrected chi connectivity index (χ1v) is 21.9. The zero-order valence-corrected chi connectivity index (χ0v) is 34.9. The summed E-state index contributed by atoms with van der Waals surface area (Å²) in [5.41, 5.74) is 21.4. The quantitative estimate of drug-likeness (QED) is 0.162. The first kappa shape index (κ1) is 35.9. The molecule has 292 valence electrons. The van der Waals surface area contributed by atoms with Crippen LogP contribution in [-0.2, 0) is 16.2 Å². The first-order valence-electron chi connectivity index (χ1n) is 21.9. The van der Waals surface area contributed by atoms with Gasteiger partial charge in [-0.25, -0.2) is 0 Å². The fraction of sp³-hybridized carbons (Fsp3) is 0.133. The molecule has 1 heteroatoms. The molecule has 0 saturated carbocycles. The van der Waals surface area contributed by atoms with Crippen LogP contribution in [0.3, 0.4) is 0 Å². The maximum Gasteiger partial charge on any atom is 0.0543 e. The predicted molar refractivity (Wildman–Crippen MR) is 254 cm³/mol. The fourth-order valence-corrected chi connectivity index (χ4v) is 12.0. The second-order valence-corrected chi connectivity index (χ2v) is 18.1. The summed E-state index contributed by atoms with van der Waals surface area (Å²) in [6.07, 6.45) is 10.2. The molecule has 0 spiro atoms. The molecule has 0 bridgehead atoms. The fourth-order valence-electron chi connectivity index (χ4n) is 12.0. The minimum absolute atomic E-state index is 0.145. The largest absolute Gasteiger partial charge is 0.310 e. The molecular weight excluding hydrogens is 735 g/mol. The van der Waals surface area contributed by atoms with Crippen molar-refractivity contribution in [1.29, 1.82) is 0 Å². The maximum atomic E-state index is 2.58. The molecule has 0 fully saturated rings. The van der Waals surface area contributed by atoms with Crippen LogP contribution in [0.5, 0.6) is 0 Å². The van der Waals surface area contributed by atoms with E-state index in [0.717, 1.165) is 12.1 Å². The second-order valence-electron chi connectivity index (χ2n) is 18.1. The normalized spacial score (nSPS) is 20.6. The predicted octanol–water partition coefficient (Wildman–Crippen LogP) is 15.2. The molecule has 4 aliphatic carbocycles. The standard InChI is InChI=1S/C60H47N/c1-58(2)50-29-16-13-26-45(50)47-36-34-43(38-54(47)58)61(44-35-37-48-46-27-14-17-30-51(46)59(3,55(48)39-44)40-20-7-4-8-21-40)56-33-19-32-53-57(56)49-28-15-18-31-52(49)60(53,41-22-9-5-10-23-41)42-24-11-6-12-25-42/h4-24,26-39,42H,25H2,1-3H3. The Bertz CT molecular complexity index is 3110. The Morgan fingerprint density at radius 2 is 0.967 bits per heavy atom. The Balaban J connectivity index is 1.15. The van der Waals surface area contributed by atoms with Crippen molar-refractivity contribution in [2.24, 2.45) is 5.92 Å². The van der Waals surface area contributed by atoms with Crippen molar-refractivity contribution in [3.05, 3.63) is 257 Å². The van der Waals surface area contributed by atoms with Crippen LogP contribution in [0.1, 0.15) is 71.7 Å². The van der Waals surface area contributed by atoms with Crippen LogP contribution < -0.4 is 4.90 Å². The lowest BCUT2D eigenvalue weighted by Crippen LogP contribution is -2.35. The lowest BCUT2D eigenvalue weighted by Gasteiger charge is -2.40. The summed E-state index contributed by atoms with van der Waals surface area (Å²) in [5.74, 6) is 0.246. The summed E-state index contributed by atoms with van der Waals surface area (Å²) in [4.78, 5) is 2.58. The number of fused-ring (bicyclic) bond motifs is 9. The van der Waals surface area contributed by atoms with Gasteiger partial charge in [-0.05, 0) is 122 Å². The van der Waals surface area contributed by atoms with E-state index in [1.54, 1.807) is 0 Å². The average Bonchev–Trinajstić information content (AvgIpc) is 3.86. The molecule has 0 saturated heterocycles. The van der Waals surface area contributed by atoms with Gasteiger partial charge in [0, 0.05) is 27.8 Å². The molecule has 0 radical (unpaired) electrons. The molecule has 61 heavy (non-hydrogen) atoms. The van der Waals surface area contributed by atoms with Crippen molar-refractivity contribution >= 4 is 17.1 Å². The van der Waals surface area contributed by atoms with Gasteiger partial charge in [-0.3, -0.25) is 0 Å². The summed E-state index contributed by atoms with van der Waals surface area (Å²) in [6.45, 7) is 7.20. The molecule has 0 aliphatic heterocycles. The summed E-state index contributed by atoms with van der Waals surface area (Å²) in [5, 5.41) is 0. The number of rotatable bonds is 6. The van der Waals surface area contributed by atoms with Gasteiger partial charge in [0.1, 0.15) is 0 Å². The third-order valence-corrected chi connectivity index (χ3v) is 14.8. The van der Waals surface area contributed by atoms with Crippen molar-refractivity contribution < 1.29 is 0 Å². The first-order chi connectivity index (χ1) is 29.9. The summed E-state index contributed by atoms with van der Waals surface area (Å²) < 4.78 is 0. The number of benzene rings is 8. The molecular formula is C60H47N. The molecule has 4 aliphatic rings. The van der Waals surface area contributed by atoms with Crippen LogP contribution in [0.15, 0.2) is 212 Å². The summed E-state index contributed by atoms with van der Waals surface area (Å²) in [6, 6.07) is 71.2. The van der Waals surface area contributed by atoms with Gasteiger partial charge in [-0.2, -0.15) is 0 Å². The Hall–Kier alpha value is -6.96. The van der Waals surface area contributed by atoms with E-state index in [0.29, 0.717) is 0 Å². The molecule has 0 amide bonds. The van der Waals surface area contributed by atoms with Crippen molar-refractivity contribution in [1.82, 2.24) is 0 Å². The molecule has 8 aromatic rings. The maximum absolute atomic E-state index is 2.58. The number of hydrogen-bond donors (Lipinski definition) is 0. The van der Waals surface area contributed by atoms with Crippen molar-refractivity contribution in [2.45, 2.75) is 43.4 Å². The highest BCUT2D eigenvalue weighted by Gasteiger charge is 2.50. The van der Waals surface area contributed by atoms with Gasteiger partial charge < -0.3 is 4.90 Å². The number of nitrogens with zero attached hydrogens (tertiary/aromatic N) is 1. The molecule has 0 heterocycles. The highest BCUT2D eigenvalue weighted by atomic mass is 15.1. The van der Waals surface area contributed by atoms with E-state index in [4.69, 9.17) is 0 Å². The average molecular weight is 782 g/mol. The topological polar surface area (TPSA) is 3.24 Å². The smallest absolute Gasteiger partial charge is 0.0543 e. The van der Waals surface area contributed by atoms with E-state index >= 15 is 0 Å². The van der Waals surface area contributed by atoms with E-state index < -0.39 is 0 Å². The molecule has 0 N–H and O–H groups in total. The Morgan fingerprint density at radius 3 is 1.66 bits per heavy atom. The molecule has 1 nitrogen and oxygen atoms in total. The molecule has 0 aromatic heterocycles. The van der Waals surface area contributed by atoms with Gasteiger partial charge in [0.25, 0.3) is 0 Å². The monoisotopic (exact) mass is 781 g/mol. The van der Waals surface area contributed by atoms with Gasteiger partial charge in [-0.15, -0.1) is 0 Å². The van der Waals surface area contributed by atoms with E-state index in [2.05, 4.69) is 238 Å². The molecule has 3 unspecified atom stereocenters. The van der Waals surface area contributed by atoms with E-state index in [1.165, 1.54) is 89.3 Å². The van der Waals surface area contributed by atoms with Gasteiger partial charge in [0.15, 0.2) is 0 Å². The minimum Gasteiger partial charge on any atom is -0.310 e. The minimum atomic E-state index is -0.372. The zero-order chi connectivity index (χ0) is 40.9. The number of allylic oxidation sites excluding steroid dienone is 4. The summed E-state index contributed by atoms with van der Waals surface area (Å²) >= 11 is 0. The molecule has 3 atom stereocenters. The Labute approximate surface area is 360 Å². The molecule has 8 aromatic carbocycles. The highest BCUT2D eigenvalue weighted by Crippen LogP contribution is 2.62. The van der Waals surface area contributed by atoms with E-state index in [-0.39, 0.29) is 22.2 Å². The highest BCUT2D eigenvalue weighted by molar-refractivity contribution is 5.98. The van der Waals surface area contributed by atoms with E-state index in [1.807, 2.05) is 0 Å². The number of anilines is 3. The second kappa shape index (κ2) is 13.3. The van der Waals surface area contributed by atoms with Gasteiger partial charge >= 0.3 is 0 Å². The van der Waals surface area contributed by atoms with Crippen molar-refractivity contribution in [3.63, 3.8) is 0 Å². The zero-order valence-electron chi connectivity index (χ0n) is 34.9. The molecule has 12 rings (SSSR count). The van der Waals surface area contributed by atoms with Gasteiger partial charge in [0.05, 0.1) is 11.1 Å². The van der Waals surface area contributed by atoms with Crippen LogP contribution in [0.4, 0.5) is 17.1 Å². The van der Waals surface area contributed by atoms with Crippen LogP contribution in [0, 0.1) is 5.92 Å². The van der Waals surface area contributed by atoms with Crippen molar-refractivity contribution in [3.8, 4) is 33.4 Å². The number of hydrogen-bond acceptors (Lipinski definition) is 1. The summed E-state index contributed by atoms with van der Waals surface area (Å²) in [7, 11) is 0. The lowest BCUT2D eigenvalue weighted by molar-refractivity contribution is 0.457. The van der Waals surface area contributed by atoms with Gasteiger partial charge in [-0.1, -0.05) is 196 Å². The van der Waals surface area contributed by atoms with Crippen LogP contribution in [0.25, 0.3) is 33.4 Å². The Morgan fingerprint density at radius 1 is 0.426 bits per heavy atom. The van der Waals surface area contributed by atoms with Crippen LogP contribution >= 0.6 is 0 Å². The van der Waals surface area contributed by atoms with Crippen LogP contribution in [-0.4, -0.2) is 0 Å². The van der Waals surface area contributed by atoms with Crippen molar-refractivity contribution in [2.75, 3.05) is 4.90 Å². The third-order valence-electron chi connectivity index (χ3n) is 14.8. The lowest BCUT2D eigenvalue weighted by atomic mass is 9.62. The third kappa shape index (κ3) is 4.89. The SMILES string of the molecule is CC1(C)c2ccccc2-c2ccc(N(c3ccc4c(c3)C(C)(c3ccccc3)c3ccccc3-4)c3cccc4c3-c3ccccc3C4(c3ccccc3)C3C=CC=CC3)cc21. The van der Waals surface area contributed by atoms with Crippen LogP contribution in [0.2, 0.25) is 0 Å².